The Balaban J connectivity index is 5.49. The van der Waals surface area contributed by atoms with Crippen molar-refractivity contribution in [2.75, 3.05) is 0 Å². The Morgan fingerprint density at radius 1 is 1.20 bits per heavy atom. The normalized spacial score (nSPS) is 14.5. The molecular formula is C14H18N2O2S2. The summed E-state index contributed by atoms with van der Waals surface area (Å²) < 4.78 is 24.5. The molecule has 0 N–H and O–H groups in total. The lowest BCUT2D eigenvalue weighted by Crippen LogP contribution is -2.01. The van der Waals surface area contributed by atoms with Crippen LogP contribution >= 0.6 is 10.8 Å². The van der Waals surface area contributed by atoms with E-state index < -0.39 is 8.87 Å². The van der Waals surface area contributed by atoms with Gasteiger partial charge < -0.3 is 0 Å². The molecule has 0 saturated carbocycles. The summed E-state index contributed by atoms with van der Waals surface area (Å²) in [5.41, 5.74) is 0. The van der Waals surface area contributed by atoms with Crippen LogP contribution < -0.4 is 0 Å². The van der Waals surface area contributed by atoms with Gasteiger partial charge in [-0.15, -0.1) is 0 Å². The van der Waals surface area contributed by atoms with E-state index in [9.17, 15) is 8.42 Å². The number of hydrogen-bond donors (Lipinski definition) is 0. The van der Waals surface area contributed by atoms with Gasteiger partial charge in [0.15, 0.2) is 0 Å². The van der Waals surface area contributed by atoms with Crippen LogP contribution in [-0.4, -0.2) is 19.8 Å². The Hall–Kier alpha value is -1.66. The summed E-state index contributed by atoms with van der Waals surface area (Å²) in [5.74, 6) is 0. The lowest BCUT2D eigenvalue weighted by molar-refractivity contribution is 0.616. The maximum atomic E-state index is 12.3. The fraction of sp³-hybridized carbons (Fsp3) is 0.143. The van der Waals surface area contributed by atoms with Crippen molar-refractivity contribution in [1.82, 2.24) is 0 Å². The zero-order chi connectivity index (χ0) is 15.4. The fourth-order valence-corrected chi connectivity index (χ4v) is 3.49. The summed E-state index contributed by atoms with van der Waals surface area (Å²) >= 11 is 0. The first-order valence-electron chi connectivity index (χ1n) is 5.75. The summed E-state index contributed by atoms with van der Waals surface area (Å²) in [5, 5.41) is 0.146. The van der Waals surface area contributed by atoms with E-state index in [-0.39, 0.29) is 10.1 Å². The van der Waals surface area contributed by atoms with Crippen LogP contribution in [0, 0.1) is 0 Å². The summed E-state index contributed by atoms with van der Waals surface area (Å²) in [6, 6.07) is 0. The molecular weight excluding hydrogens is 292 g/mol. The van der Waals surface area contributed by atoms with Crippen molar-refractivity contribution in [2.45, 2.75) is 13.8 Å². The number of aliphatic imine (C=N–C) groups is 2. The van der Waals surface area contributed by atoms with E-state index in [0.29, 0.717) is 10.8 Å². The fourth-order valence-electron chi connectivity index (χ4n) is 0.973. The smallest absolute Gasteiger partial charge is 0.235 e. The third-order valence-corrected chi connectivity index (χ3v) is 4.84. The molecule has 0 fully saturated rings. The predicted molar refractivity (Wildman–Crippen MR) is 90.5 cm³/mol. The highest BCUT2D eigenvalue weighted by molar-refractivity contribution is 8.79. The van der Waals surface area contributed by atoms with Crippen LogP contribution in [0.1, 0.15) is 13.8 Å². The summed E-state index contributed by atoms with van der Waals surface area (Å²) in [6.07, 6.45) is 12.0. The van der Waals surface area contributed by atoms with E-state index in [1.807, 2.05) is 0 Å². The van der Waals surface area contributed by atoms with Gasteiger partial charge >= 0.3 is 0 Å². The minimum atomic E-state index is -3.62. The number of rotatable bonds is 6. The molecule has 0 aromatic heterocycles. The second-order valence-corrected chi connectivity index (χ2v) is 6.95. The van der Waals surface area contributed by atoms with Crippen LogP contribution in [0.5, 0.6) is 0 Å². The average molecular weight is 310 g/mol. The highest BCUT2D eigenvalue weighted by atomic mass is 33.1. The maximum Gasteiger partial charge on any atom is 0.237 e. The number of amidine groups is 1. The van der Waals surface area contributed by atoms with Crippen LogP contribution in [0.2, 0.25) is 0 Å². The van der Waals surface area contributed by atoms with Gasteiger partial charge in [0.25, 0.3) is 0 Å². The molecule has 0 heterocycles. The molecule has 0 rings (SSSR count). The lowest BCUT2D eigenvalue weighted by atomic mass is 10.4. The van der Waals surface area contributed by atoms with E-state index in [0.717, 1.165) is 0 Å². The standard InChI is InChI=1S/C14H18N2O2S2/c1-5-9-11-13(10-6-2)20(17,18)19-14(15-8-4)16-12-7-3/h5-12H,1-2H2,3-4H3/b11-9-,12-7-,13-10+,15-8?,16-14?. The van der Waals surface area contributed by atoms with Crippen molar-refractivity contribution in [1.29, 1.82) is 0 Å². The molecule has 108 valence electrons. The molecule has 0 aliphatic heterocycles. The van der Waals surface area contributed by atoms with Crippen molar-refractivity contribution in [3.05, 3.63) is 60.7 Å². The van der Waals surface area contributed by atoms with E-state index in [4.69, 9.17) is 0 Å². The minimum Gasteiger partial charge on any atom is -0.235 e. The molecule has 0 aliphatic rings. The van der Waals surface area contributed by atoms with Gasteiger partial charge in [0.1, 0.15) is 0 Å². The maximum absolute atomic E-state index is 12.3. The van der Waals surface area contributed by atoms with Gasteiger partial charge in [-0.1, -0.05) is 37.5 Å². The molecule has 0 amide bonds. The summed E-state index contributed by atoms with van der Waals surface area (Å²) in [6.45, 7) is 10.5. The zero-order valence-electron chi connectivity index (χ0n) is 11.6. The second-order valence-electron chi connectivity index (χ2n) is 3.22. The van der Waals surface area contributed by atoms with Crippen LogP contribution in [0.25, 0.3) is 0 Å². The van der Waals surface area contributed by atoms with Gasteiger partial charge in [-0.05, 0) is 26.0 Å². The molecule has 0 radical (unpaired) electrons. The van der Waals surface area contributed by atoms with Gasteiger partial charge in [0.2, 0.25) is 14.0 Å². The monoisotopic (exact) mass is 310 g/mol. The van der Waals surface area contributed by atoms with Gasteiger partial charge in [-0.2, -0.15) is 0 Å². The molecule has 0 bridgehead atoms. The highest BCUT2D eigenvalue weighted by Gasteiger charge is 2.19. The number of nitrogens with zero attached hydrogens (tertiary/aromatic N) is 2. The van der Waals surface area contributed by atoms with Gasteiger partial charge in [0.05, 0.1) is 4.91 Å². The first kappa shape index (κ1) is 18.3. The van der Waals surface area contributed by atoms with E-state index in [1.54, 1.807) is 26.0 Å². The Bertz CT molecular complexity index is 580. The molecule has 0 unspecified atom stereocenters. The Labute approximate surface area is 124 Å². The molecule has 0 aromatic rings. The Morgan fingerprint density at radius 3 is 2.40 bits per heavy atom. The molecule has 0 spiro atoms. The largest absolute Gasteiger partial charge is 0.237 e. The topological polar surface area (TPSA) is 58.9 Å². The second kappa shape index (κ2) is 10.2. The molecule has 20 heavy (non-hydrogen) atoms. The average Bonchev–Trinajstić information content (AvgIpc) is 2.40. The highest BCUT2D eigenvalue weighted by Crippen LogP contribution is 2.25. The van der Waals surface area contributed by atoms with Crippen LogP contribution in [0.15, 0.2) is 70.7 Å². The molecule has 0 aliphatic carbocycles. The Kier molecular flexibility index (Phi) is 9.32. The SMILES string of the molecule is C=C/C=C\C(=C/C=C)S(=O)(=O)SC(N=CC)=N/C=C\C. The summed E-state index contributed by atoms with van der Waals surface area (Å²) in [4.78, 5) is 8.00. The van der Waals surface area contributed by atoms with Crippen LogP contribution in [0.3, 0.4) is 0 Å². The van der Waals surface area contributed by atoms with Crippen LogP contribution in [-0.2, 0) is 8.87 Å². The first-order valence-corrected chi connectivity index (χ1v) is 8.57. The lowest BCUT2D eigenvalue weighted by Gasteiger charge is -2.03. The third-order valence-electron chi connectivity index (χ3n) is 1.73. The Morgan fingerprint density at radius 2 is 1.90 bits per heavy atom. The molecule has 0 aromatic carbocycles. The van der Waals surface area contributed by atoms with Crippen molar-refractivity contribution in [3.8, 4) is 0 Å². The molecule has 6 heteroatoms. The van der Waals surface area contributed by atoms with Crippen molar-refractivity contribution in [3.63, 3.8) is 0 Å². The van der Waals surface area contributed by atoms with E-state index >= 15 is 0 Å². The molecule has 4 nitrogen and oxygen atoms in total. The van der Waals surface area contributed by atoms with Crippen molar-refractivity contribution in [2.24, 2.45) is 9.98 Å². The zero-order valence-corrected chi connectivity index (χ0v) is 13.2. The van der Waals surface area contributed by atoms with E-state index in [1.165, 1.54) is 36.7 Å². The van der Waals surface area contributed by atoms with Crippen molar-refractivity contribution < 1.29 is 8.42 Å². The first-order chi connectivity index (χ1) is 9.51. The van der Waals surface area contributed by atoms with Gasteiger partial charge in [-0.3, -0.25) is 0 Å². The molecule has 0 saturated heterocycles. The van der Waals surface area contributed by atoms with Crippen molar-refractivity contribution >= 4 is 31.0 Å². The predicted octanol–water partition coefficient (Wildman–Crippen LogP) is 3.84. The van der Waals surface area contributed by atoms with Crippen LogP contribution in [0.4, 0.5) is 0 Å². The summed E-state index contributed by atoms with van der Waals surface area (Å²) in [7, 11) is -3.03. The van der Waals surface area contributed by atoms with Gasteiger partial charge in [-0.25, -0.2) is 18.4 Å². The molecule has 0 atom stereocenters. The van der Waals surface area contributed by atoms with E-state index in [2.05, 4.69) is 23.1 Å². The third kappa shape index (κ3) is 7.06. The number of allylic oxidation sites excluding steroid dienone is 6. The van der Waals surface area contributed by atoms with Gasteiger partial charge in [0, 0.05) is 23.2 Å². The number of hydrogen-bond acceptors (Lipinski definition) is 4. The quantitative estimate of drug-likeness (QED) is 0.324. The minimum absolute atomic E-state index is 0.108.